The Hall–Kier alpha value is -2.82. The van der Waals surface area contributed by atoms with Crippen LogP contribution < -0.4 is 5.32 Å². The molecule has 0 spiro atoms. The molecular weight excluding hydrogens is 415 g/mol. The Balaban J connectivity index is 1.68. The van der Waals surface area contributed by atoms with Crippen molar-refractivity contribution in [3.05, 3.63) is 59.4 Å². The van der Waals surface area contributed by atoms with Crippen molar-refractivity contribution in [3.8, 4) is 0 Å². The number of ether oxygens (including phenoxy) is 2. The van der Waals surface area contributed by atoms with Crippen molar-refractivity contribution in [1.29, 1.82) is 0 Å². The van der Waals surface area contributed by atoms with Crippen LogP contribution in [-0.4, -0.2) is 57.5 Å². The number of benzene rings is 2. The first kappa shape index (κ1) is 21.9. The van der Waals surface area contributed by atoms with Gasteiger partial charge in [0, 0.05) is 18.8 Å². The van der Waals surface area contributed by atoms with Crippen LogP contribution in [0.2, 0.25) is 0 Å². The minimum Gasteiger partial charge on any atom is -0.452 e. The molecule has 8 nitrogen and oxygen atoms in total. The van der Waals surface area contributed by atoms with Gasteiger partial charge in [-0.3, -0.25) is 4.79 Å². The van der Waals surface area contributed by atoms with Crippen LogP contribution in [0.15, 0.2) is 47.4 Å². The van der Waals surface area contributed by atoms with Crippen LogP contribution in [-0.2, 0) is 24.3 Å². The van der Waals surface area contributed by atoms with Gasteiger partial charge in [0.25, 0.3) is 5.91 Å². The molecule has 2 aromatic carbocycles. The summed E-state index contributed by atoms with van der Waals surface area (Å²) >= 11 is 0. The van der Waals surface area contributed by atoms with Crippen molar-refractivity contribution in [2.45, 2.75) is 11.8 Å². The fourth-order valence-corrected chi connectivity index (χ4v) is 4.37. The van der Waals surface area contributed by atoms with Crippen LogP contribution in [0, 0.1) is 12.7 Å². The number of aryl methyl sites for hydroxylation is 1. The van der Waals surface area contributed by atoms with E-state index in [0.717, 1.165) is 28.1 Å². The zero-order valence-electron chi connectivity index (χ0n) is 16.3. The number of rotatable bonds is 6. The molecule has 3 rings (SSSR count). The third kappa shape index (κ3) is 5.02. The first-order chi connectivity index (χ1) is 14.3. The number of hydrogen-bond acceptors (Lipinski definition) is 6. The number of nitrogens with zero attached hydrogens (tertiary/aromatic N) is 1. The standard InChI is InChI=1S/C20H21FN2O6S/c1-14-4-2-3-5-17(14)22-19(24)13-29-20(25)15-6-7-16(21)18(12-15)30(26,27)23-8-10-28-11-9-23/h2-7,12H,8-11,13H2,1H3,(H,22,24). The summed E-state index contributed by atoms with van der Waals surface area (Å²) in [5, 5.41) is 2.61. The fraction of sp³-hybridized carbons (Fsp3) is 0.300. The van der Waals surface area contributed by atoms with E-state index in [-0.39, 0.29) is 31.9 Å². The molecule has 0 atom stereocenters. The fourth-order valence-electron chi connectivity index (χ4n) is 2.87. The zero-order valence-corrected chi connectivity index (χ0v) is 17.1. The highest BCUT2D eigenvalue weighted by Gasteiger charge is 2.30. The summed E-state index contributed by atoms with van der Waals surface area (Å²) in [4.78, 5) is 23.7. The van der Waals surface area contributed by atoms with Gasteiger partial charge in [-0.05, 0) is 36.8 Å². The van der Waals surface area contributed by atoms with Crippen LogP contribution in [0.3, 0.4) is 0 Å². The lowest BCUT2D eigenvalue weighted by Gasteiger charge is -2.26. The number of amides is 1. The highest BCUT2D eigenvalue weighted by Crippen LogP contribution is 2.22. The van der Waals surface area contributed by atoms with Gasteiger partial charge < -0.3 is 14.8 Å². The summed E-state index contributed by atoms with van der Waals surface area (Å²) in [5.74, 6) is -2.47. The number of morpholine rings is 1. The minimum absolute atomic E-state index is 0.0928. The summed E-state index contributed by atoms with van der Waals surface area (Å²) in [5.41, 5.74) is 1.25. The molecule has 1 fully saturated rings. The molecule has 0 saturated carbocycles. The Morgan fingerprint density at radius 1 is 1.17 bits per heavy atom. The van der Waals surface area contributed by atoms with Crippen LogP contribution in [0.5, 0.6) is 0 Å². The Morgan fingerprint density at radius 3 is 2.57 bits per heavy atom. The molecule has 0 aliphatic carbocycles. The molecule has 1 saturated heterocycles. The lowest BCUT2D eigenvalue weighted by Crippen LogP contribution is -2.41. The monoisotopic (exact) mass is 436 g/mol. The average Bonchev–Trinajstić information content (AvgIpc) is 2.74. The molecule has 0 radical (unpaired) electrons. The number of halogens is 1. The predicted molar refractivity (Wildman–Crippen MR) is 106 cm³/mol. The van der Waals surface area contributed by atoms with E-state index in [9.17, 15) is 22.4 Å². The molecule has 0 bridgehead atoms. The molecule has 2 aromatic rings. The van der Waals surface area contributed by atoms with E-state index in [1.807, 2.05) is 19.1 Å². The molecule has 1 aliphatic heterocycles. The third-order valence-electron chi connectivity index (χ3n) is 4.51. The molecule has 160 valence electrons. The summed E-state index contributed by atoms with van der Waals surface area (Å²) in [7, 11) is -4.13. The second kappa shape index (κ2) is 9.33. The number of carbonyl (C=O) groups is 2. The molecule has 0 aromatic heterocycles. The Bertz CT molecular complexity index is 1050. The number of esters is 1. The first-order valence-corrected chi connectivity index (χ1v) is 10.6. The summed E-state index contributed by atoms with van der Waals surface area (Å²) in [6.07, 6.45) is 0. The molecule has 1 aliphatic rings. The molecule has 1 amide bonds. The van der Waals surface area contributed by atoms with Gasteiger partial charge in [0.1, 0.15) is 10.7 Å². The van der Waals surface area contributed by atoms with Gasteiger partial charge >= 0.3 is 5.97 Å². The van der Waals surface area contributed by atoms with Crippen LogP contribution in [0.4, 0.5) is 10.1 Å². The van der Waals surface area contributed by atoms with E-state index in [0.29, 0.717) is 5.69 Å². The van der Waals surface area contributed by atoms with Crippen LogP contribution in [0.1, 0.15) is 15.9 Å². The summed E-state index contributed by atoms with van der Waals surface area (Å²) in [6, 6.07) is 10.0. The lowest BCUT2D eigenvalue weighted by atomic mass is 10.2. The molecule has 30 heavy (non-hydrogen) atoms. The maximum atomic E-state index is 14.2. The van der Waals surface area contributed by atoms with E-state index < -0.39 is 39.2 Å². The van der Waals surface area contributed by atoms with Gasteiger partial charge in [0.2, 0.25) is 10.0 Å². The SMILES string of the molecule is Cc1ccccc1NC(=O)COC(=O)c1ccc(F)c(S(=O)(=O)N2CCOCC2)c1. The van der Waals surface area contributed by atoms with Crippen LogP contribution in [0.25, 0.3) is 0 Å². The van der Waals surface area contributed by atoms with E-state index in [1.54, 1.807) is 12.1 Å². The maximum absolute atomic E-state index is 14.2. The Labute approximate surface area is 173 Å². The first-order valence-electron chi connectivity index (χ1n) is 9.19. The van der Waals surface area contributed by atoms with Gasteiger partial charge in [-0.25, -0.2) is 17.6 Å². The van der Waals surface area contributed by atoms with Crippen molar-refractivity contribution in [2.75, 3.05) is 38.2 Å². The average molecular weight is 436 g/mol. The van der Waals surface area contributed by atoms with E-state index in [2.05, 4.69) is 5.32 Å². The molecule has 0 unspecified atom stereocenters. The van der Waals surface area contributed by atoms with Gasteiger partial charge in [0.05, 0.1) is 18.8 Å². The van der Waals surface area contributed by atoms with Gasteiger partial charge in [-0.2, -0.15) is 4.31 Å². The van der Waals surface area contributed by atoms with Crippen molar-refractivity contribution in [1.82, 2.24) is 4.31 Å². The maximum Gasteiger partial charge on any atom is 0.338 e. The van der Waals surface area contributed by atoms with E-state index >= 15 is 0 Å². The van der Waals surface area contributed by atoms with Crippen LogP contribution >= 0.6 is 0 Å². The number of sulfonamides is 1. The summed E-state index contributed by atoms with van der Waals surface area (Å²) in [6.45, 7) is 1.84. The number of para-hydroxylation sites is 1. The van der Waals surface area contributed by atoms with Crippen molar-refractivity contribution in [3.63, 3.8) is 0 Å². The van der Waals surface area contributed by atoms with Gasteiger partial charge in [-0.15, -0.1) is 0 Å². The smallest absolute Gasteiger partial charge is 0.338 e. The second-order valence-electron chi connectivity index (χ2n) is 6.60. The highest BCUT2D eigenvalue weighted by molar-refractivity contribution is 7.89. The number of carbonyl (C=O) groups excluding carboxylic acids is 2. The Morgan fingerprint density at radius 2 is 1.87 bits per heavy atom. The normalized spacial score (nSPS) is 14.9. The Kier molecular flexibility index (Phi) is 6.80. The zero-order chi connectivity index (χ0) is 21.7. The van der Waals surface area contributed by atoms with Crippen molar-refractivity contribution in [2.24, 2.45) is 0 Å². The van der Waals surface area contributed by atoms with Crippen molar-refractivity contribution < 1.29 is 31.9 Å². The largest absolute Gasteiger partial charge is 0.452 e. The van der Waals surface area contributed by atoms with E-state index in [4.69, 9.17) is 9.47 Å². The quantitative estimate of drug-likeness (QED) is 0.695. The topological polar surface area (TPSA) is 102 Å². The molecular formula is C20H21FN2O6S. The predicted octanol–water partition coefficient (Wildman–Crippen LogP) is 1.95. The molecule has 1 N–H and O–H groups in total. The highest BCUT2D eigenvalue weighted by atomic mass is 32.2. The summed E-state index contributed by atoms with van der Waals surface area (Å²) < 4.78 is 50.8. The molecule has 1 heterocycles. The molecule has 10 heteroatoms. The third-order valence-corrected chi connectivity index (χ3v) is 6.42. The van der Waals surface area contributed by atoms with Crippen molar-refractivity contribution >= 4 is 27.6 Å². The minimum atomic E-state index is -4.13. The van der Waals surface area contributed by atoms with Gasteiger partial charge in [0.15, 0.2) is 6.61 Å². The lowest BCUT2D eigenvalue weighted by molar-refractivity contribution is -0.119. The van der Waals surface area contributed by atoms with Gasteiger partial charge in [-0.1, -0.05) is 18.2 Å². The number of anilines is 1. The second-order valence-corrected chi connectivity index (χ2v) is 8.51. The van der Waals surface area contributed by atoms with E-state index in [1.165, 1.54) is 0 Å². The number of nitrogens with one attached hydrogen (secondary N) is 1. The number of hydrogen-bond donors (Lipinski definition) is 1.